The summed E-state index contributed by atoms with van der Waals surface area (Å²) < 4.78 is 3.89. The van der Waals surface area contributed by atoms with E-state index in [1.807, 2.05) is 40.7 Å². The van der Waals surface area contributed by atoms with Gasteiger partial charge in [-0.2, -0.15) is 5.10 Å². The predicted molar refractivity (Wildman–Crippen MR) is 81.4 cm³/mol. The number of hydrogen-bond acceptors (Lipinski definition) is 3. The van der Waals surface area contributed by atoms with E-state index in [2.05, 4.69) is 15.7 Å². The van der Waals surface area contributed by atoms with Gasteiger partial charge in [0.2, 0.25) is 0 Å². The average Bonchev–Trinajstić information content (AvgIpc) is 3.16. The molecule has 6 nitrogen and oxygen atoms in total. The van der Waals surface area contributed by atoms with Crippen molar-refractivity contribution in [2.75, 3.05) is 18.4 Å². The van der Waals surface area contributed by atoms with Crippen molar-refractivity contribution < 1.29 is 4.79 Å². The molecule has 1 aliphatic rings. The van der Waals surface area contributed by atoms with Crippen LogP contribution in [-0.2, 0) is 6.54 Å². The molecule has 1 amide bonds. The molecule has 2 aromatic heterocycles. The smallest absolute Gasteiger partial charge is 0.272 e. The van der Waals surface area contributed by atoms with Gasteiger partial charge in [0.15, 0.2) is 0 Å². The van der Waals surface area contributed by atoms with Crippen molar-refractivity contribution in [2.24, 2.45) is 0 Å². The summed E-state index contributed by atoms with van der Waals surface area (Å²) >= 11 is 0. The van der Waals surface area contributed by atoms with Crippen LogP contribution in [0.15, 0.2) is 30.7 Å². The van der Waals surface area contributed by atoms with Crippen LogP contribution >= 0.6 is 0 Å². The Labute approximate surface area is 124 Å². The van der Waals surface area contributed by atoms with Crippen LogP contribution in [0.5, 0.6) is 0 Å². The molecule has 21 heavy (non-hydrogen) atoms. The van der Waals surface area contributed by atoms with Gasteiger partial charge in [0.1, 0.15) is 5.69 Å². The van der Waals surface area contributed by atoms with Crippen LogP contribution in [0.1, 0.15) is 36.3 Å². The van der Waals surface area contributed by atoms with E-state index in [1.54, 1.807) is 6.20 Å². The van der Waals surface area contributed by atoms with Crippen molar-refractivity contribution >= 4 is 11.6 Å². The lowest BCUT2D eigenvalue weighted by atomic mass is 10.1. The first-order valence-corrected chi connectivity index (χ1v) is 7.49. The van der Waals surface area contributed by atoms with E-state index >= 15 is 0 Å². The van der Waals surface area contributed by atoms with E-state index in [-0.39, 0.29) is 5.91 Å². The maximum Gasteiger partial charge on any atom is 0.272 e. The molecule has 6 heteroatoms. The summed E-state index contributed by atoms with van der Waals surface area (Å²) in [6.07, 6.45) is 7.71. The topological polar surface area (TPSA) is 63.9 Å². The highest BCUT2D eigenvalue weighted by atomic mass is 16.2. The number of hydrogen-bond donors (Lipinski definition) is 2. The molecule has 0 spiro atoms. The summed E-state index contributed by atoms with van der Waals surface area (Å²) in [6, 6.07) is 4.14. The Bertz CT molecular complexity index is 609. The van der Waals surface area contributed by atoms with E-state index in [9.17, 15) is 4.79 Å². The van der Waals surface area contributed by atoms with Crippen molar-refractivity contribution in [1.29, 1.82) is 0 Å². The van der Waals surface area contributed by atoms with Gasteiger partial charge in [-0.25, -0.2) is 0 Å². The second-order valence-electron chi connectivity index (χ2n) is 5.32. The van der Waals surface area contributed by atoms with Crippen LogP contribution in [0.2, 0.25) is 0 Å². The molecule has 0 aromatic carbocycles. The van der Waals surface area contributed by atoms with E-state index in [0.717, 1.165) is 38.2 Å². The molecule has 2 N–H and O–H groups in total. The molecule has 0 atom stereocenters. The van der Waals surface area contributed by atoms with Gasteiger partial charge in [0, 0.05) is 18.9 Å². The molecular formula is C15H21N5O. The zero-order valence-electron chi connectivity index (χ0n) is 12.2. The molecule has 2 aromatic rings. The number of amides is 1. The number of carbonyl (C=O) groups is 1. The Kier molecular flexibility index (Phi) is 4.06. The van der Waals surface area contributed by atoms with Crippen LogP contribution in [0.25, 0.3) is 0 Å². The minimum Gasteiger partial charge on any atom is -0.344 e. The Hall–Kier alpha value is -2.08. The Balaban J connectivity index is 1.68. The molecule has 1 aliphatic heterocycles. The van der Waals surface area contributed by atoms with Crippen LogP contribution in [0.4, 0.5) is 5.69 Å². The predicted octanol–water partition coefficient (Wildman–Crippen LogP) is 1.88. The van der Waals surface area contributed by atoms with Gasteiger partial charge in [-0.1, -0.05) is 0 Å². The fourth-order valence-electron chi connectivity index (χ4n) is 2.76. The summed E-state index contributed by atoms with van der Waals surface area (Å²) in [7, 11) is 0. The van der Waals surface area contributed by atoms with Crippen LogP contribution in [0, 0.1) is 0 Å². The summed E-state index contributed by atoms with van der Waals surface area (Å²) in [6.45, 7) is 4.85. The highest BCUT2D eigenvalue weighted by Gasteiger charge is 2.17. The average molecular weight is 287 g/mol. The Morgan fingerprint density at radius 1 is 1.48 bits per heavy atom. The van der Waals surface area contributed by atoms with Crippen molar-refractivity contribution in [3.63, 3.8) is 0 Å². The Morgan fingerprint density at radius 2 is 2.29 bits per heavy atom. The zero-order chi connectivity index (χ0) is 14.7. The number of nitrogens with one attached hydrogen (secondary N) is 2. The summed E-state index contributed by atoms with van der Waals surface area (Å²) in [4.78, 5) is 12.3. The molecule has 1 fully saturated rings. The van der Waals surface area contributed by atoms with Gasteiger partial charge < -0.3 is 15.2 Å². The van der Waals surface area contributed by atoms with Crippen molar-refractivity contribution in [1.82, 2.24) is 19.7 Å². The first-order valence-electron chi connectivity index (χ1n) is 7.49. The van der Waals surface area contributed by atoms with Crippen LogP contribution in [-0.4, -0.2) is 33.3 Å². The lowest BCUT2D eigenvalue weighted by molar-refractivity contribution is 0.101. The first-order chi connectivity index (χ1) is 10.3. The molecule has 0 saturated carbocycles. The number of anilines is 1. The molecule has 0 unspecified atom stereocenters. The minimum absolute atomic E-state index is 0.0910. The quantitative estimate of drug-likeness (QED) is 0.902. The number of piperidine rings is 1. The largest absolute Gasteiger partial charge is 0.344 e. The van der Waals surface area contributed by atoms with Gasteiger partial charge in [0.25, 0.3) is 5.91 Å². The monoisotopic (exact) mass is 287 g/mol. The lowest BCUT2D eigenvalue weighted by Crippen LogP contribution is -2.29. The Morgan fingerprint density at radius 3 is 3.05 bits per heavy atom. The first kappa shape index (κ1) is 13.9. The molecule has 3 rings (SSSR count). The van der Waals surface area contributed by atoms with Crippen molar-refractivity contribution in [3.05, 3.63) is 36.4 Å². The maximum atomic E-state index is 12.3. The normalized spacial score (nSPS) is 16.0. The molecule has 1 saturated heterocycles. The fourth-order valence-corrected chi connectivity index (χ4v) is 2.76. The lowest BCUT2D eigenvalue weighted by Gasteiger charge is -2.22. The fraction of sp³-hybridized carbons (Fsp3) is 0.467. The third kappa shape index (κ3) is 3.00. The van der Waals surface area contributed by atoms with E-state index in [0.29, 0.717) is 11.7 Å². The van der Waals surface area contributed by atoms with Gasteiger partial charge in [-0.05, 0) is 45.0 Å². The second kappa shape index (κ2) is 6.13. The van der Waals surface area contributed by atoms with Crippen LogP contribution < -0.4 is 10.6 Å². The van der Waals surface area contributed by atoms with Crippen LogP contribution in [0.3, 0.4) is 0 Å². The third-order valence-electron chi connectivity index (χ3n) is 3.95. The number of nitrogens with zero attached hydrogens (tertiary/aromatic N) is 3. The molecule has 0 bridgehead atoms. The number of aryl methyl sites for hydroxylation is 1. The highest BCUT2D eigenvalue weighted by molar-refractivity contribution is 6.03. The second-order valence-corrected chi connectivity index (χ2v) is 5.32. The minimum atomic E-state index is -0.0910. The third-order valence-corrected chi connectivity index (χ3v) is 3.95. The standard InChI is InChI=1S/C15H21N5O/c1-2-19-9-3-4-14(19)15(21)18-12-10-17-20(11-12)13-5-7-16-8-6-13/h3-4,9-11,13,16H,2,5-8H2,1H3,(H,18,21). The molecule has 112 valence electrons. The highest BCUT2D eigenvalue weighted by Crippen LogP contribution is 2.19. The number of carbonyl (C=O) groups excluding carboxylic acids is 1. The molecule has 3 heterocycles. The van der Waals surface area contributed by atoms with Crippen molar-refractivity contribution in [3.8, 4) is 0 Å². The molecule has 0 aliphatic carbocycles. The van der Waals surface area contributed by atoms with Gasteiger partial charge in [0.05, 0.1) is 17.9 Å². The van der Waals surface area contributed by atoms with Gasteiger partial charge >= 0.3 is 0 Å². The number of rotatable bonds is 4. The summed E-state index contributed by atoms with van der Waals surface area (Å²) in [5, 5.41) is 10.6. The number of aromatic nitrogens is 3. The SMILES string of the molecule is CCn1cccc1C(=O)Nc1cnn(C2CCNCC2)c1. The maximum absolute atomic E-state index is 12.3. The summed E-state index contributed by atoms with van der Waals surface area (Å²) in [5.41, 5.74) is 1.43. The van der Waals surface area contributed by atoms with E-state index < -0.39 is 0 Å². The zero-order valence-corrected chi connectivity index (χ0v) is 12.2. The summed E-state index contributed by atoms with van der Waals surface area (Å²) in [5.74, 6) is -0.0910. The van der Waals surface area contributed by atoms with E-state index in [1.165, 1.54) is 0 Å². The van der Waals surface area contributed by atoms with Crippen molar-refractivity contribution in [2.45, 2.75) is 32.4 Å². The van der Waals surface area contributed by atoms with Gasteiger partial charge in [-0.15, -0.1) is 0 Å². The molecule has 0 radical (unpaired) electrons. The van der Waals surface area contributed by atoms with E-state index in [4.69, 9.17) is 0 Å². The van der Waals surface area contributed by atoms with Gasteiger partial charge in [-0.3, -0.25) is 9.48 Å². The molecular weight excluding hydrogens is 266 g/mol.